The minimum absolute atomic E-state index is 0.0855. The summed E-state index contributed by atoms with van der Waals surface area (Å²) in [6, 6.07) is 5.21. The summed E-state index contributed by atoms with van der Waals surface area (Å²) in [5.41, 5.74) is 7.46. The van der Waals surface area contributed by atoms with Crippen molar-refractivity contribution in [3.8, 4) is 0 Å². The summed E-state index contributed by atoms with van der Waals surface area (Å²) < 4.78 is 0. The maximum absolute atomic E-state index is 11.6. The molecule has 5 heteroatoms. The van der Waals surface area contributed by atoms with Crippen molar-refractivity contribution in [2.24, 2.45) is 5.73 Å². The molecule has 1 aromatic carbocycles. The van der Waals surface area contributed by atoms with Crippen molar-refractivity contribution < 1.29 is 9.59 Å². The van der Waals surface area contributed by atoms with Gasteiger partial charge in [-0.2, -0.15) is 0 Å². The van der Waals surface area contributed by atoms with E-state index in [-0.39, 0.29) is 11.8 Å². The van der Waals surface area contributed by atoms with Crippen LogP contribution in [0.1, 0.15) is 28.8 Å². The number of rotatable bonds is 5. The van der Waals surface area contributed by atoms with Crippen molar-refractivity contribution >= 4 is 17.5 Å². The quantitative estimate of drug-likeness (QED) is 0.728. The van der Waals surface area contributed by atoms with E-state index < -0.39 is 0 Å². The molecule has 0 radical (unpaired) electrons. The minimum Gasteiger partial charge on any atom is -0.355 e. The van der Waals surface area contributed by atoms with Crippen LogP contribution in [0, 0.1) is 6.92 Å². The van der Waals surface area contributed by atoms with Crippen molar-refractivity contribution in [1.29, 1.82) is 0 Å². The van der Waals surface area contributed by atoms with Gasteiger partial charge in [-0.3, -0.25) is 9.59 Å². The third kappa shape index (κ3) is 3.85. The largest absolute Gasteiger partial charge is 0.355 e. The molecule has 0 spiro atoms. The molecule has 4 N–H and O–H groups in total. The Labute approximate surface area is 107 Å². The molecule has 0 atom stereocenters. The topological polar surface area (TPSA) is 84.2 Å². The number of carbonyl (C=O) groups excluding carboxylic acids is 2. The molecule has 0 unspecified atom stereocenters. The molecule has 1 rings (SSSR count). The Morgan fingerprint density at radius 2 is 2.06 bits per heavy atom. The number of anilines is 1. The zero-order valence-corrected chi connectivity index (χ0v) is 10.7. The first-order valence-corrected chi connectivity index (χ1v) is 5.91. The van der Waals surface area contributed by atoms with Gasteiger partial charge in [0.2, 0.25) is 5.91 Å². The predicted octanol–water partition coefficient (Wildman–Crippen LogP) is 1.03. The van der Waals surface area contributed by atoms with E-state index in [1.165, 1.54) is 0 Å². The first-order chi connectivity index (χ1) is 8.58. The normalized spacial score (nSPS) is 9.94. The van der Waals surface area contributed by atoms with Crippen LogP contribution in [0.4, 0.5) is 5.69 Å². The van der Waals surface area contributed by atoms with Crippen LogP contribution in [-0.4, -0.2) is 25.4 Å². The van der Waals surface area contributed by atoms with Gasteiger partial charge in [0.15, 0.2) is 0 Å². The summed E-state index contributed by atoms with van der Waals surface area (Å²) in [7, 11) is 1.57. The van der Waals surface area contributed by atoms with E-state index in [4.69, 9.17) is 5.73 Å². The lowest BCUT2D eigenvalue weighted by Crippen LogP contribution is -2.19. The van der Waals surface area contributed by atoms with Crippen LogP contribution in [0.15, 0.2) is 18.2 Å². The van der Waals surface area contributed by atoms with Crippen LogP contribution < -0.4 is 16.4 Å². The van der Waals surface area contributed by atoms with Crippen molar-refractivity contribution in [2.75, 3.05) is 18.9 Å². The monoisotopic (exact) mass is 249 g/mol. The first-order valence-electron chi connectivity index (χ1n) is 5.91. The number of aryl methyl sites for hydroxylation is 1. The number of carbonyl (C=O) groups is 2. The highest BCUT2D eigenvalue weighted by Crippen LogP contribution is 2.17. The average molecular weight is 249 g/mol. The first kappa shape index (κ1) is 14.2. The van der Waals surface area contributed by atoms with Crippen LogP contribution in [-0.2, 0) is 4.79 Å². The van der Waals surface area contributed by atoms with E-state index in [2.05, 4.69) is 10.6 Å². The van der Waals surface area contributed by atoms with Gasteiger partial charge in [0.25, 0.3) is 5.91 Å². The summed E-state index contributed by atoms with van der Waals surface area (Å²) in [5, 5.41) is 5.34. The van der Waals surface area contributed by atoms with Crippen LogP contribution in [0.2, 0.25) is 0 Å². The zero-order chi connectivity index (χ0) is 13.5. The van der Waals surface area contributed by atoms with Crippen LogP contribution in [0.25, 0.3) is 0 Å². The molecule has 0 saturated carbocycles. The predicted molar refractivity (Wildman–Crippen MR) is 71.5 cm³/mol. The molecule has 98 valence electrons. The standard InChI is InChI=1S/C13H19N3O2/c1-9-5-6-10(13(18)15-2)8-11(9)16-12(17)4-3-7-14/h5-6,8H,3-4,7,14H2,1-2H3,(H,15,18)(H,16,17). The summed E-state index contributed by atoms with van der Waals surface area (Å²) in [6.45, 7) is 2.37. The van der Waals surface area contributed by atoms with Crippen LogP contribution in [0.3, 0.4) is 0 Å². The highest BCUT2D eigenvalue weighted by Gasteiger charge is 2.08. The molecule has 0 bridgehead atoms. The Kier molecular flexibility index (Phi) is 5.32. The molecule has 5 nitrogen and oxygen atoms in total. The van der Waals surface area contributed by atoms with Gasteiger partial charge in [-0.15, -0.1) is 0 Å². The van der Waals surface area contributed by atoms with Crippen molar-refractivity contribution in [1.82, 2.24) is 5.32 Å². The van der Waals surface area contributed by atoms with E-state index in [0.29, 0.717) is 30.6 Å². The summed E-state index contributed by atoms with van der Waals surface area (Å²) >= 11 is 0. The van der Waals surface area contributed by atoms with Gasteiger partial charge in [-0.05, 0) is 37.6 Å². The molecular formula is C13H19N3O2. The zero-order valence-electron chi connectivity index (χ0n) is 10.7. The lowest BCUT2D eigenvalue weighted by molar-refractivity contribution is -0.116. The van der Waals surface area contributed by atoms with Crippen LogP contribution in [0.5, 0.6) is 0 Å². The lowest BCUT2D eigenvalue weighted by atomic mass is 10.1. The van der Waals surface area contributed by atoms with Crippen molar-refractivity contribution in [2.45, 2.75) is 19.8 Å². The number of benzene rings is 1. The smallest absolute Gasteiger partial charge is 0.251 e. The Morgan fingerprint density at radius 1 is 1.33 bits per heavy atom. The number of hydrogen-bond donors (Lipinski definition) is 3. The third-order valence-corrected chi connectivity index (χ3v) is 2.61. The molecule has 0 aliphatic rings. The van der Waals surface area contributed by atoms with Crippen molar-refractivity contribution in [3.05, 3.63) is 29.3 Å². The van der Waals surface area contributed by atoms with Gasteiger partial charge in [0.05, 0.1) is 0 Å². The highest BCUT2D eigenvalue weighted by molar-refractivity contribution is 5.97. The van der Waals surface area contributed by atoms with E-state index in [0.717, 1.165) is 5.56 Å². The second kappa shape index (κ2) is 6.76. The molecule has 0 aliphatic heterocycles. The Bertz CT molecular complexity index is 444. The summed E-state index contributed by atoms with van der Waals surface area (Å²) in [4.78, 5) is 23.1. The summed E-state index contributed by atoms with van der Waals surface area (Å²) in [5.74, 6) is -0.259. The fourth-order valence-electron chi connectivity index (χ4n) is 1.52. The van der Waals surface area contributed by atoms with Crippen molar-refractivity contribution in [3.63, 3.8) is 0 Å². The van der Waals surface area contributed by atoms with Crippen LogP contribution >= 0.6 is 0 Å². The van der Waals surface area contributed by atoms with Gasteiger partial charge in [-0.25, -0.2) is 0 Å². The van der Waals surface area contributed by atoms with Gasteiger partial charge >= 0.3 is 0 Å². The molecule has 0 aliphatic carbocycles. The second-order valence-corrected chi connectivity index (χ2v) is 4.05. The molecule has 0 fully saturated rings. The molecule has 0 aromatic heterocycles. The number of nitrogens with two attached hydrogens (primary N) is 1. The number of nitrogens with one attached hydrogen (secondary N) is 2. The highest BCUT2D eigenvalue weighted by atomic mass is 16.2. The Balaban J connectivity index is 2.81. The minimum atomic E-state index is -0.174. The van der Waals surface area contributed by atoms with E-state index in [1.807, 2.05) is 13.0 Å². The molecule has 2 amide bonds. The molecule has 0 saturated heterocycles. The van der Waals surface area contributed by atoms with E-state index in [1.54, 1.807) is 19.2 Å². The van der Waals surface area contributed by atoms with E-state index >= 15 is 0 Å². The molecule has 1 aromatic rings. The Morgan fingerprint density at radius 3 is 2.67 bits per heavy atom. The number of hydrogen-bond acceptors (Lipinski definition) is 3. The van der Waals surface area contributed by atoms with E-state index in [9.17, 15) is 9.59 Å². The maximum atomic E-state index is 11.6. The lowest BCUT2D eigenvalue weighted by Gasteiger charge is -2.10. The SMILES string of the molecule is CNC(=O)c1ccc(C)c(NC(=O)CCCN)c1. The fourth-order valence-corrected chi connectivity index (χ4v) is 1.52. The molecular weight excluding hydrogens is 230 g/mol. The third-order valence-electron chi connectivity index (χ3n) is 2.61. The molecule has 18 heavy (non-hydrogen) atoms. The van der Waals surface area contributed by atoms with Gasteiger partial charge < -0.3 is 16.4 Å². The maximum Gasteiger partial charge on any atom is 0.251 e. The van der Waals surface area contributed by atoms with Gasteiger partial charge in [0, 0.05) is 24.7 Å². The van der Waals surface area contributed by atoms with Gasteiger partial charge in [-0.1, -0.05) is 6.07 Å². The van der Waals surface area contributed by atoms with Gasteiger partial charge in [0.1, 0.15) is 0 Å². The molecule has 0 heterocycles. The second-order valence-electron chi connectivity index (χ2n) is 4.05. The fraction of sp³-hybridized carbons (Fsp3) is 0.385. The average Bonchev–Trinajstić information content (AvgIpc) is 2.38. The summed E-state index contributed by atoms with van der Waals surface area (Å²) in [6.07, 6.45) is 1.04. The Hall–Kier alpha value is -1.88. The number of amides is 2.